The molecule has 0 unspecified atom stereocenters. The molecule has 2 aromatic rings. The molecule has 2 atom stereocenters. The van der Waals surface area contributed by atoms with Crippen molar-refractivity contribution in [2.24, 2.45) is 5.73 Å². The molecule has 2 rings (SSSR count). The molecule has 0 saturated heterocycles. The highest BCUT2D eigenvalue weighted by Gasteiger charge is 2.20. The molecule has 0 heterocycles. The number of nitrogens with two attached hydrogens (primary N) is 1. The Labute approximate surface area is 159 Å². The second kappa shape index (κ2) is 9.63. The summed E-state index contributed by atoms with van der Waals surface area (Å²) >= 11 is 0. The maximum absolute atomic E-state index is 12.3. The number of nitrogens with one attached hydrogen (secondary N) is 2. The highest BCUT2D eigenvalue weighted by Crippen LogP contribution is 2.11. The summed E-state index contributed by atoms with van der Waals surface area (Å²) in [4.78, 5) is 35.6. The normalized spacial score (nSPS) is 12.6. The summed E-state index contributed by atoms with van der Waals surface area (Å²) in [5.74, 6) is -1.19. The maximum atomic E-state index is 12.3. The van der Waals surface area contributed by atoms with Crippen LogP contribution in [0.1, 0.15) is 23.7 Å². The third kappa shape index (κ3) is 6.34. The zero-order valence-corrected chi connectivity index (χ0v) is 15.6. The van der Waals surface area contributed by atoms with Crippen LogP contribution in [-0.4, -0.2) is 33.7 Å². The third-order valence-electron chi connectivity index (χ3n) is 3.71. The van der Waals surface area contributed by atoms with E-state index in [0.29, 0.717) is 16.1 Å². The van der Waals surface area contributed by atoms with Crippen molar-refractivity contribution in [3.05, 3.63) is 60.2 Å². The second-order valence-corrected chi connectivity index (χ2v) is 7.41. The molecule has 0 aliphatic rings. The molecule has 0 spiro atoms. The Morgan fingerprint density at radius 1 is 1.04 bits per heavy atom. The van der Waals surface area contributed by atoms with Gasteiger partial charge in [0.25, 0.3) is 5.91 Å². The first-order chi connectivity index (χ1) is 12.9. The number of rotatable bonds is 8. The smallest absolute Gasteiger partial charge is 0.251 e. The Balaban J connectivity index is 1.96. The number of anilines is 1. The van der Waals surface area contributed by atoms with Gasteiger partial charge in [-0.05, 0) is 42.8 Å². The molecule has 27 heavy (non-hydrogen) atoms. The Morgan fingerprint density at radius 2 is 1.67 bits per heavy atom. The fraction of sp³-hybridized carbons (Fsp3) is 0.211. The molecule has 7 nitrogen and oxygen atoms in total. The molecule has 0 saturated carbocycles. The summed E-state index contributed by atoms with van der Waals surface area (Å²) in [7, 11) is -1.29. The average Bonchev–Trinajstić information content (AvgIpc) is 2.65. The highest BCUT2D eigenvalue weighted by atomic mass is 32.2. The highest BCUT2D eigenvalue weighted by molar-refractivity contribution is 7.85. The Bertz CT molecular complexity index is 838. The van der Waals surface area contributed by atoms with E-state index in [4.69, 9.17) is 5.73 Å². The van der Waals surface area contributed by atoms with Crippen molar-refractivity contribution < 1.29 is 18.6 Å². The van der Waals surface area contributed by atoms with Crippen LogP contribution in [0.2, 0.25) is 0 Å². The molecule has 0 aliphatic heterocycles. The Hall–Kier alpha value is -3.00. The zero-order chi connectivity index (χ0) is 19.8. The van der Waals surface area contributed by atoms with Crippen LogP contribution < -0.4 is 16.4 Å². The van der Waals surface area contributed by atoms with Gasteiger partial charge in [-0.15, -0.1) is 0 Å². The van der Waals surface area contributed by atoms with Crippen LogP contribution in [0.15, 0.2) is 59.5 Å². The van der Waals surface area contributed by atoms with Crippen LogP contribution in [0.4, 0.5) is 5.69 Å². The second-order valence-electron chi connectivity index (χ2n) is 5.84. The van der Waals surface area contributed by atoms with Gasteiger partial charge in [-0.25, -0.2) is 0 Å². The molecule has 3 amide bonds. The topological polar surface area (TPSA) is 118 Å². The van der Waals surface area contributed by atoms with Gasteiger partial charge in [0.05, 0.1) is 10.8 Å². The van der Waals surface area contributed by atoms with Crippen LogP contribution in [0.25, 0.3) is 0 Å². The van der Waals surface area contributed by atoms with Crippen molar-refractivity contribution in [3.8, 4) is 0 Å². The molecule has 2 aromatic carbocycles. The molecule has 0 bridgehead atoms. The van der Waals surface area contributed by atoms with Gasteiger partial charge in [0.1, 0.15) is 6.04 Å². The Kier molecular flexibility index (Phi) is 7.25. The molecule has 0 radical (unpaired) electrons. The number of hydrogen-bond donors (Lipinski definition) is 3. The van der Waals surface area contributed by atoms with Crippen LogP contribution >= 0.6 is 0 Å². The van der Waals surface area contributed by atoms with Crippen LogP contribution in [0.5, 0.6) is 0 Å². The molecule has 0 aliphatic carbocycles. The van der Waals surface area contributed by atoms with E-state index in [1.165, 1.54) is 19.1 Å². The fourth-order valence-corrected chi connectivity index (χ4v) is 3.50. The first kappa shape index (κ1) is 20.3. The quantitative estimate of drug-likeness (QED) is 0.635. The molecular weight excluding hydrogens is 366 g/mol. The van der Waals surface area contributed by atoms with Crippen molar-refractivity contribution >= 4 is 34.2 Å². The summed E-state index contributed by atoms with van der Waals surface area (Å²) in [6.45, 7) is 1.39. The predicted octanol–water partition coefficient (Wildman–Crippen LogP) is 1.43. The lowest BCUT2D eigenvalue weighted by molar-refractivity contribution is -0.120. The van der Waals surface area contributed by atoms with Gasteiger partial charge in [-0.2, -0.15) is 0 Å². The van der Waals surface area contributed by atoms with E-state index in [1.807, 2.05) is 6.07 Å². The van der Waals surface area contributed by atoms with E-state index >= 15 is 0 Å². The lowest BCUT2D eigenvalue weighted by atomic mass is 10.1. The molecule has 142 valence electrons. The van der Waals surface area contributed by atoms with Crippen LogP contribution in [-0.2, 0) is 20.4 Å². The van der Waals surface area contributed by atoms with Gasteiger partial charge in [-0.3, -0.25) is 18.6 Å². The van der Waals surface area contributed by atoms with E-state index in [2.05, 4.69) is 10.6 Å². The van der Waals surface area contributed by atoms with Gasteiger partial charge in [0.15, 0.2) is 0 Å². The average molecular weight is 387 g/mol. The first-order valence-corrected chi connectivity index (χ1v) is 9.60. The lowest BCUT2D eigenvalue weighted by Crippen LogP contribution is -2.45. The van der Waals surface area contributed by atoms with E-state index in [9.17, 15) is 18.6 Å². The molecule has 8 heteroatoms. The number of benzene rings is 2. The number of amides is 3. The molecule has 0 fully saturated rings. The minimum absolute atomic E-state index is 0.159. The largest absolute Gasteiger partial charge is 0.368 e. The van der Waals surface area contributed by atoms with Crippen LogP contribution in [0.3, 0.4) is 0 Å². The standard InChI is InChI=1S/C19H21N3O4S/c1-13(23)21-15-9-7-14(8-10-15)19(25)22-17(18(20)24)11-12-27(26)16-5-3-2-4-6-16/h2-10,17H,11-12H2,1H3,(H2,20,24)(H,21,23)(H,22,25)/t17-,27-/m0/s1. The van der Waals surface area contributed by atoms with Crippen molar-refractivity contribution in [3.63, 3.8) is 0 Å². The van der Waals surface area contributed by atoms with Gasteiger partial charge in [-0.1, -0.05) is 18.2 Å². The minimum atomic E-state index is -1.29. The van der Waals surface area contributed by atoms with Crippen molar-refractivity contribution in [1.29, 1.82) is 0 Å². The number of primary amides is 1. The zero-order valence-electron chi connectivity index (χ0n) is 14.8. The third-order valence-corrected chi connectivity index (χ3v) is 5.12. The van der Waals surface area contributed by atoms with E-state index < -0.39 is 28.7 Å². The van der Waals surface area contributed by atoms with E-state index in [0.717, 1.165) is 0 Å². The van der Waals surface area contributed by atoms with Crippen LogP contribution in [0, 0.1) is 0 Å². The number of carbonyl (C=O) groups is 3. The number of carbonyl (C=O) groups excluding carboxylic acids is 3. The SMILES string of the molecule is CC(=O)Nc1ccc(C(=O)N[C@@H](CC[S@](=O)c2ccccc2)C(N)=O)cc1. The van der Waals surface area contributed by atoms with E-state index in [1.54, 1.807) is 36.4 Å². The summed E-state index contributed by atoms with van der Waals surface area (Å²) in [6, 6.07) is 14.2. The van der Waals surface area contributed by atoms with Gasteiger partial charge < -0.3 is 16.4 Å². The monoisotopic (exact) mass is 387 g/mol. The molecule has 4 N–H and O–H groups in total. The van der Waals surface area contributed by atoms with E-state index in [-0.39, 0.29) is 18.1 Å². The van der Waals surface area contributed by atoms with Gasteiger partial charge in [0.2, 0.25) is 11.8 Å². The van der Waals surface area contributed by atoms with Crippen molar-refractivity contribution in [2.75, 3.05) is 11.1 Å². The lowest BCUT2D eigenvalue weighted by Gasteiger charge is -2.15. The first-order valence-electron chi connectivity index (χ1n) is 8.28. The van der Waals surface area contributed by atoms with Crippen molar-refractivity contribution in [2.45, 2.75) is 24.3 Å². The van der Waals surface area contributed by atoms with Crippen molar-refractivity contribution in [1.82, 2.24) is 5.32 Å². The summed E-state index contributed by atoms with van der Waals surface area (Å²) in [6.07, 6.45) is 0.159. The number of hydrogen-bond acceptors (Lipinski definition) is 4. The fourth-order valence-electron chi connectivity index (χ4n) is 2.35. The minimum Gasteiger partial charge on any atom is -0.368 e. The van der Waals surface area contributed by atoms with Gasteiger partial charge >= 0.3 is 0 Å². The van der Waals surface area contributed by atoms with Gasteiger partial charge in [0, 0.05) is 28.8 Å². The summed E-state index contributed by atoms with van der Waals surface area (Å²) in [5.41, 5.74) is 6.24. The summed E-state index contributed by atoms with van der Waals surface area (Å²) in [5, 5.41) is 5.16. The summed E-state index contributed by atoms with van der Waals surface area (Å²) < 4.78 is 12.3. The maximum Gasteiger partial charge on any atom is 0.251 e. The molecular formula is C19H21N3O4S. The predicted molar refractivity (Wildman–Crippen MR) is 104 cm³/mol. The molecule has 0 aromatic heterocycles. The Morgan fingerprint density at radius 3 is 2.22 bits per heavy atom.